The van der Waals surface area contributed by atoms with Gasteiger partial charge in [-0.15, -0.1) is 0 Å². The molecule has 0 heterocycles. The van der Waals surface area contributed by atoms with Crippen LogP contribution in [0, 0.1) is 5.82 Å². The summed E-state index contributed by atoms with van der Waals surface area (Å²) in [6.45, 7) is 0.373. The van der Waals surface area contributed by atoms with Gasteiger partial charge in [0.1, 0.15) is 5.82 Å². The first-order valence-corrected chi connectivity index (χ1v) is 8.94. The molecule has 0 unspecified atom stereocenters. The van der Waals surface area contributed by atoms with Gasteiger partial charge >= 0.3 is 6.03 Å². The zero-order valence-electron chi connectivity index (χ0n) is 14.6. The molecule has 4 amide bonds. The van der Waals surface area contributed by atoms with Gasteiger partial charge in [-0.05, 0) is 43.5 Å². The SMILES string of the molecule is O=C(CCCNC(=O)NC1CCCCC1)NNC(=O)c1ccc(F)cc1. The summed E-state index contributed by atoms with van der Waals surface area (Å²) < 4.78 is 12.8. The molecular formula is C18H25FN4O3. The van der Waals surface area contributed by atoms with E-state index in [1.54, 1.807) is 0 Å². The average molecular weight is 364 g/mol. The summed E-state index contributed by atoms with van der Waals surface area (Å²) in [6.07, 6.45) is 6.17. The normalized spacial score (nSPS) is 14.3. The van der Waals surface area contributed by atoms with Crippen molar-refractivity contribution in [1.82, 2.24) is 21.5 Å². The molecule has 1 fully saturated rings. The summed E-state index contributed by atoms with van der Waals surface area (Å²) >= 11 is 0. The Balaban J connectivity index is 1.55. The van der Waals surface area contributed by atoms with Crippen LogP contribution in [-0.4, -0.2) is 30.4 Å². The molecule has 0 radical (unpaired) electrons. The van der Waals surface area contributed by atoms with Gasteiger partial charge in [0, 0.05) is 24.6 Å². The van der Waals surface area contributed by atoms with Gasteiger partial charge in [-0.2, -0.15) is 0 Å². The van der Waals surface area contributed by atoms with E-state index in [-0.39, 0.29) is 30.0 Å². The first kappa shape index (κ1) is 19.7. The molecule has 0 atom stereocenters. The molecule has 0 aliphatic heterocycles. The molecule has 4 N–H and O–H groups in total. The monoisotopic (exact) mass is 364 g/mol. The zero-order chi connectivity index (χ0) is 18.8. The highest BCUT2D eigenvalue weighted by molar-refractivity contribution is 5.95. The van der Waals surface area contributed by atoms with Gasteiger partial charge in [0.2, 0.25) is 5.91 Å². The van der Waals surface area contributed by atoms with Crippen molar-refractivity contribution in [1.29, 1.82) is 0 Å². The molecule has 26 heavy (non-hydrogen) atoms. The van der Waals surface area contributed by atoms with E-state index in [0.717, 1.165) is 25.7 Å². The number of nitrogens with one attached hydrogen (secondary N) is 4. The smallest absolute Gasteiger partial charge is 0.315 e. The minimum atomic E-state index is -0.525. The lowest BCUT2D eigenvalue weighted by Gasteiger charge is -2.22. The molecule has 8 heteroatoms. The van der Waals surface area contributed by atoms with Crippen LogP contribution in [0.25, 0.3) is 0 Å². The third-order valence-corrected chi connectivity index (χ3v) is 4.23. The number of hydrogen-bond donors (Lipinski definition) is 4. The van der Waals surface area contributed by atoms with E-state index >= 15 is 0 Å². The van der Waals surface area contributed by atoms with Crippen molar-refractivity contribution >= 4 is 17.8 Å². The second-order valence-corrected chi connectivity index (χ2v) is 6.35. The van der Waals surface area contributed by atoms with E-state index in [4.69, 9.17) is 0 Å². The Morgan fingerprint density at radius 3 is 2.38 bits per heavy atom. The molecule has 1 aromatic rings. The Hall–Kier alpha value is -2.64. The number of hydrazine groups is 1. The van der Waals surface area contributed by atoms with Crippen molar-refractivity contribution < 1.29 is 18.8 Å². The summed E-state index contributed by atoms with van der Waals surface area (Å²) in [7, 11) is 0. The fraction of sp³-hybridized carbons (Fsp3) is 0.500. The van der Waals surface area contributed by atoms with Crippen molar-refractivity contribution in [2.75, 3.05) is 6.54 Å². The number of hydrogen-bond acceptors (Lipinski definition) is 3. The van der Waals surface area contributed by atoms with Crippen LogP contribution in [0.2, 0.25) is 0 Å². The van der Waals surface area contributed by atoms with E-state index in [2.05, 4.69) is 21.5 Å². The highest BCUT2D eigenvalue weighted by Crippen LogP contribution is 2.17. The number of halogens is 1. The largest absolute Gasteiger partial charge is 0.338 e. The lowest BCUT2D eigenvalue weighted by molar-refractivity contribution is -0.121. The lowest BCUT2D eigenvalue weighted by atomic mass is 9.96. The molecule has 1 aliphatic carbocycles. The van der Waals surface area contributed by atoms with Crippen LogP contribution in [0.4, 0.5) is 9.18 Å². The number of amides is 4. The molecule has 7 nitrogen and oxygen atoms in total. The van der Waals surface area contributed by atoms with Crippen LogP contribution in [0.5, 0.6) is 0 Å². The summed E-state index contributed by atoms with van der Waals surface area (Å²) in [5.74, 6) is -1.33. The molecule has 1 aromatic carbocycles. The van der Waals surface area contributed by atoms with Gasteiger partial charge in [0.05, 0.1) is 0 Å². The summed E-state index contributed by atoms with van der Waals surface area (Å²) in [5.41, 5.74) is 4.79. The third kappa shape index (κ3) is 7.08. The van der Waals surface area contributed by atoms with Crippen LogP contribution in [0.1, 0.15) is 55.3 Å². The van der Waals surface area contributed by atoms with E-state index in [1.165, 1.54) is 30.7 Å². The number of carbonyl (C=O) groups excluding carboxylic acids is 3. The molecule has 1 saturated carbocycles. The fourth-order valence-corrected chi connectivity index (χ4v) is 2.80. The Kier molecular flexibility index (Phi) is 7.85. The number of urea groups is 1. The topological polar surface area (TPSA) is 99.3 Å². The maximum absolute atomic E-state index is 12.8. The predicted octanol–water partition coefficient (Wildman–Crippen LogP) is 2.00. The number of carbonyl (C=O) groups is 3. The summed E-state index contributed by atoms with van der Waals surface area (Å²) in [6, 6.07) is 5.02. The zero-order valence-corrected chi connectivity index (χ0v) is 14.6. The van der Waals surface area contributed by atoms with Gasteiger partial charge in [0.15, 0.2) is 0 Å². The average Bonchev–Trinajstić information content (AvgIpc) is 2.64. The fourth-order valence-electron chi connectivity index (χ4n) is 2.80. The molecule has 1 aliphatic rings. The van der Waals surface area contributed by atoms with Gasteiger partial charge < -0.3 is 10.6 Å². The number of benzene rings is 1. The second-order valence-electron chi connectivity index (χ2n) is 6.35. The van der Waals surface area contributed by atoms with Crippen molar-refractivity contribution in [3.05, 3.63) is 35.6 Å². The minimum Gasteiger partial charge on any atom is -0.338 e. The van der Waals surface area contributed by atoms with Gasteiger partial charge in [-0.1, -0.05) is 19.3 Å². The predicted molar refractivity (Wildman–Crippen MR) is 94.7 cm³/mol. The Bertz CT molecular complexity index is 615. The molecule has 0 aromatic heterocycles. The third-order valence-electron chi connectivity index (χ3n) is 4.23. The van der Waals surface area contributed by atoms with Gasteiger partial charge in [-0.25, -0.2) is 9.18 Å². The van der Waals surface area contributed by atoms with Crippen molar-refractivity contribution in [2.24, 2.45) is 0 Å². The molecule has 142 valence electrons. The lowest BCUT2D eigenvalue weighted by Crippen LogP contribution is -2.44. The van der Waals surface area contributed by atoms with Crippen molar-refractivity contribution in [3.63, 3.8) is 0 Å². The Morgan fingerprint density at radius 2 is 1.69 bits per heavy atom. The highest BCUT2D eigenvalue weighted by Gasteiger charge is 2.15. The quantitative estimate of drug-likeness (QED) is 0.459. The Morgan fingerprint density at radius 1 is 1.00 bits per heavy atom. The van der Waals surface area contributed by atoms with E-state index in [1.807, 2.05) is 0 Å². The first-order chi connectivity index (χ1) is 12.5. The molecule has 0 bridgehead atoms. The molecule has 0 spiro atoms. The number of rotatable bonds is 6. The van der Waals surface area contributed by atoms with E-state index in [0.29, 0.717) is 13.0 Å². The van der Waals surface area contributed by atoms with Gasteiger partial charge in [0.25, 0.3) is 5.91 Å². The van der Waals surface area contributed by atoms with E-state index in [9.17, 15) is 18.8 Å². The molecular weight excluding hydrogens is 339 g/mol. The molecule has 2 rings (SSSR count). The van der Waals surface area contributed by atoms with Crippen LogP contribution in [0.3, 0.4) is 0 Å². The Labute approximate surface area is 152 Å². The molecule has 0 saturated heterocycles. The maximum Gasteiger partial charge on any atom is 0.315 e. The van der Waals surface area contributed by atoms with Crippen molar-refractivity contribution in [3.8, 4) is 0 Å². The standard InChI is InChI=1S/C18H25FN4O3/c19-14-10-8-13(9-11-14)17(25)23-22-16(24)7-4-12-20-18(26)21-15-5-2-1-3-6-15/h8-11,15H,1-7,12H2,(H,22,24)(H,23,25)(H2,20,21,26). The van der Waals surface area contributed by atoms with Crippen molar-refractivity contribution in [2.45, 2.75) is 51.0 Å². The van der Waals surface area contributed by atoms with Crippen LogP contribution in [0.15, 0.2) is 24.3 Å². The maximum atomic E-state index is 12.8. The van der Waals surface area contributed by atoms with Crippen LogP contribution >= 0.6 is 0 Å². The van der Waals surface area contributed by atoms with Crippen LogP contribution < -0.4 is 21.5 Å². The second kappa shape index (κ2) is 10.4. The summed E-state index contributed by atoms with van der Waals surface area (Å²) in [5, 5.41) is 5.66. The first-order valence-electron chi connectivity index (χ1n) is 8.94. The summed E-state index contributed by atoms with van der Waals surface area (Å²) in [4.78, 5) is 35.2. The van der Waals surface area contributed by atoms with Gasteiger partial charge in [-0.3, -0.25) is 20.4 Å². The highest BCUT2D eigenvalue weighted by atomic mass is 19.1. The van der Waals surface area contributed by atoms with Crippen LogP contribution in [-0.2, 0) is 4.79 Å². The minimum absolute atomic E-state index is 0.160. The van der Waals surface area contributed by atoms with E-state index < -0.39 is 11.7 Å².